The van der Waals surface area contributed by atoms with Crippen molar-refractivity contribution in [1.82, 2.24) is 9.88 Å². The van der Waals surface area contributed by atoms with E-state index >= 15 is 0 Å². The number of methoxy groups -OCH3 is 1. The fourth-order valence-corrected chi connectivity index (χ4v) is 6.04. The average molecular weight is 522 g/mol. The van der Waals surface area contributed by atoms with Gasteiger partial charge in [-0.3, -0.25) is 0 Å². The van der Waals surface area contributed by atoms with Crippen molar-refractivity contribution >= 4 is 51.8 Å². The van der Waals surface area contributed by atoms with Gasteiger partial charge < -0.3 is 19.4 Å². The molecule has 34 heavy (non-hydrogen) atoms. The van der Waals surface area contributed by atoms with Gasteiger partial charge in [0.25, 0.3) is 0 Å². The number of aromatic amines is 1. The average Bonchev–Trinajstić information content (AvgIpc) is 3.18. The number of alkyl halides is 3. The van der Waals surface area contributed by atoms with Gasteiger partial charge in [-0.1, -0.05) is 59.1 Å². The second-order valence-electron chi connectivity index (χ2n) is 9.41. The van der Waals surface area contributed by atoms with Crippen LogP contribution in [-0.2, 0) is 23.0 Å². The molecule has 8 heteroatoms. The van der Waals surface area contributed by atoms with Crippen molar-refractivity contribution in [2.45, 2.75) is 35.4 Å². The van der Waals surface area contributed by atoms with Gasteiger partial charge in [0.15, 0.2) is 0 Å². The van der Waals surface area contributed by atoms with Crippen molar-refractivity contribution in [2.24, 2.45) is 5.92 Å². The van der Waals surface area contributed by atoms with Gasteiger partial charge in [-0.15, -0.1) is 0 Å². The van der Waals surface area contributed by atoms with Crippen LogP contribution in [0.15, 0.2) is 42.5 Å². The Kier molecular flexibility index (Phi) is 6.16. The highest BCUT2D eigenvalue weighted by atomic mass is 35.6. The molecule has 5 nitrogen and oxygen atoms in total. The third kappa shape index (κ3) is 4.23. The highest BCUT2D eigenvalue weighted by molar-refractivity contribution is 6.67. The van der Waals surface area contributed by atoms with E-state index in [1.807, 2.05) is 12.1 Å². The van der Waals surface area contributed by atoms with Crippen molar-refractivity contribution in [2.75, 3.05) is 26.8 Å². The number of amides is 1. The molecule has 2 aromatic carbocycles. The molecule has 1 fully saturated rings. The van der Waals surface area contributed by atoms with E-state index in [1.54, 1.807) is 12.0 Å². The van der Waals surface area contributed by atoms with Gasteiger partial charge in [-0.2, -0.15) is 0 Å². The number of H-pyrrole nitrogens is 1. The molecular weight excluding hydrogens is 495 g/mol. The van der Waals surface area contributed by atoms with E-state index < -0.39 is 9.89 Å². The van der Waals surface area contributed by atoms with Gasteiger partial charge in [0.2, 0.25) is 3.79 Å². The first-order valence-electron chi connectivity index (χ1n) is 11.4. The SMILES string of the molecule is COc1cccc(C23CCN(C(=O)OCC(Cl)(Cl)Cl)CC2Cc2c([nH]c4cccc(C)c24)C3)c1. The Balaban J connectivity index is 1.53. The van der Waals surface area contributed by atoms with Gasteiger partial charge in [0, 0.05) is 35.1 Å². The normalized spacial score (nSPS) is 22.3. The molecule has 1 aromatic heterocycles. The van der Waals surface area contributed by atoms with Crippen molar-refractivity contribution in [3.63, 3.8) is 0 Å². The molecule has 1 aliphatic heterocycles. The molecule has 5 rings (SSSR count). The molecule has 0 bridgehead atoms. The summed E-state index contributed by atoms with van der Waals surface area (Å²) in [6, 6.07) is 14.7. The lowest BCUT2D eigenvalue weighted by Gasteiger charge is -2.50. The van der Waals surface area contributed by atoms with E-state index in [0.717, 1.165) is 25.0 Å². The van der Waals surface area contributed by atoms with Gasteiger partial charge >= 0.3 is 6.09 Å². The molecule has 3 aromatic rings. The van der Waals surface area contributed by atoms with E-state index in [1.165, 1.54) is 33.3 Å². The Hall–Kier alpha value is -2.08. The van der Waals surface area contributed by atoms with Crippen molar-refractivity contribution in [3.8, 4) is 5.75 Å². The molecule has 1 aliphatic carbocycles. The molecule has 180 valence electrons. The minimum absolute atomic E-state index is 0.123. The third-order valence-corrected chi connectivity index (χ3v) is 7.81. The maximum atomic E-state index is 12.8. The standard InChI is InChI=1S/C26H27Cl3N2O3/c1-16-5-3-8-21-23(16)20-12-18-14-31(24(32)34-15-26(27,28)29)10-9-25(18,13-22(20)30-21)17-6-4-7-19(11-17)33-2/h3-8,11,18,30H,9-10,12-15H2,1-2H3. The number of aryl methyl sites for hydroxylation is 1. The van der Waals surface area contributed by atoms with E-state index in [9.17, 15) is 4.79 Å². The number of rotatable bonds is 3. The lowest BCUT2D eigenvalue weighted by Crippen LogP contribution is -2.55. The molecule has 1 amide bonds. The molecule has 2 aliphatic rings. The van der Waals surface area contributed by atoms with Crippen LogP contribution in [0.25, 0.3) is 10.9 Å². The monoisotopic (exact) mass is 520 g/mol. The van der Waals surface area contributed by atoms with Crippen LogP contribution in [0.4, 0.5) is 4.79 Å². The largest absolute Gasteiger partial charge is 0.497 e. The topological polar surface area (TPSA) is 54.6 Å². The van der Waals surface area contributed by atoms with E-state index in [4.69, 9.17) is 44.3 Å². The molecule has 1 saturated heterocycles. The number of fused-ring (bicyclic) bond motifs is 4. The number of nitrogens with zero attached hydrogens (tertiary/aromatic N) is 1. The Labute approximate surface area is 214 Å². The summed E-state index contributed by atoms with van der Waals surface area (Å²) in [7, 11) is 1.69. The molecule has 2 unspecified atom stereocenters. The van der Waals surface area contributed by atoms with Crippen LogP contribution in [-0.4, -0.2) is 46.6 Å². The zero-order chi connectivity index (χ0) is 24.1. The van der Waals surface area contributed by atoms with E-state index in [-0.39, 0.29) is 17.9 Å². The maximum Gasteiger partial charge on any atom is 0.409 e. The molecule has 0 spiro atoms. The molecule has 2 atom stereocenters. The minimum Gasteiger partial charge on any atom is -0.497 e. The predicted molar refractivity (Wildman–Crippen MR) is 136 cm³/mol. The smallest absolute Gasteiger partial charge is 0.409 e. The number of likely N-dealkylation sites (tertiary alicyclic amines) is 1. The van der Waals surface area contributed by atoms with Crippen LogP contribution < -0.4 is 4.74 Å². The minimum atomic E-state index is -1.63. The second kappa shape index (κ2) is 8.85. The van der Waals surface area contributed by atoms with Crippen LogP contribution >= 0.6 is 34.8 Å². The Morgan fingerprint density at radius 1 is 1.24 bits per heavy atom. The van der Waals surface area contributed by atoms with Gasteiger partial charge in [0.1, 0.15) is 12.4 Å². The highest BCUT2D eigenvalue weighted by Crippen LogP contribution is 2.50. The van der Waals surface area contributed by atoms with Crippen LogP contribution in [0.1, 0.15) is 28.8 Å². The zero-order valence-electron chi connectivity index (χ0n) is 19.2. The Morgan fingerprint density at radius 2 is 2.03 bits per heavy atom. The number of halogens is 3. The van der Waals surface area contributed by atoms with Gasteiger partial charge in [-0.05, 0) is 67.0 Å². The van der Waals surface area contributed by atoms with Crippen molar-refractivity contribution < 1.29 is 14.3 Å². The Bertz CT molecular complexity index is 1240. The lowest BCUT2D eigenvalue weighted by atomic mass is 9.58. The van der Waals surface area contributed by atoms with Gasteiger partial charge in [-0.25, -0.2) is 4.79 Å². The quantitative estimate of drug-likeness (QED) is 0.409. The highest BCUT2D eigenvalue weighted by Gasteiger charge is 2.49. The number of ether oxygens (including phenoxy) is 2. The predicted octanol–water partition coefficient (Wildman–Crippen LogP) is 6.35. The molecule has 0 radical (unpaired) electrons. The lowest BCUT2D eigenvalue weighted by molar-refractivity contribution is 0.0539. The number of nitrogens with one attached hydrogen (secondary N) is 1. The van der Waals surface area contributed by atoms with Crippen LogP contribution in [0.3, 0.4) is 0 Å². The third-order valence-electron chi connectivity index (χ3n) is 7.48. The van der Waals surface area contributed by atoms with Crippen molar-refractivity contribution in [1.29, 1.82) is 0 Å². The molecule has 0 saturated carbocycles. The first-order valence-corrected chi connectivity index (χ1v) is 12.6. The fourth-order valence-electron chi connectivity index (χ4n) is 5.88. The summed E-state index contributed by atoms with van der Waals surface area (Å²) in [6.45, 7) is 3.03. The fraction of sp³-hybridized carbons (Fsp3) is 0.423. The second-order valence-corrected chi connectivity index (χ2v) is 11.9. The summed E-state index contributed by atoms with van der Waals surface area (Å²) in [5.41, 5.74) is 6.19. The number of piperidine rings is 1. The number of carbonyl (C=O) groups is 1. The molecular formula is C26H27Cl3N2O3. The van der Waals surface area contributed by atoms with Crippen molar-refractivity contribution in [3.05, 3.63) is 64.8 Å². The first-order chi connectivity index (χ1) is 16.2. The van der Waals surface area contributed by atoms with E-state index in [2.05, 4.69) is 42.2 Å². The van der Waals surface area contributed by atoms with Crippen LogP contribution in [0.5, 0.6) is 5.75 Å². The summed E-state index contributed by atoms with van der Waals surface area (Å²) >= 11 is 17.4. The number of carbonyl (C=O) groups excluding carboxylic acids is 1. The number of benzene rings is 2. The number of aromatic nitrogens is 1. The summed E-state index contributed by atoms with van der Waals surface area (Å²) in [5, 5.41) is 1.30. The van der Waals surface area contributed by atoms with Crippen LogP contribution in [0.2, 0.25) is 0 Å². The van der Waals surface area contributed by atoms with Gasteiger partial charge in [0.05, 0.1) is 7.11 Å². The summed E-state index contributed by atoms with van der Waals surface area (Å²) in [5.74, 6) is 1.05. The maximum absolute atomic E-state index is 12.8. The Morgan fingerprint density at radius 3 is 2.79 bits per heavy atom. The molecule has 2 heterocycles. The number of hydrogen-bond acceptors (Lipinski definition) is 3. The summed E-state index contributed by atoms with van der Waals surface area (Å²) in [6.07, 6.45) is 2.12. The van der Waals surface area contributed by atoms with Crippen LogP contribution in [0, 0.1) is 12.8 Å². The number of hydrogen-bond donors (Lipinski definition) is 1. The first kappa shape index (κ1) is 23.7. The zero-order valence-corrected chi connectivity index (χ0v) is 21.4. The summed E-state index contributed by atoms with van der Waals surface area (Å²) in [4.78, 5) is 18.3. The summed E-state index contributed by atoms with van der Waals surface area (Å²) < 4.78 is 9.23. The molecule has 1 N–H and O–H groups in total. The van der Waals surface area contributed by atoms with E-state index in [0.29, 0.717) is 13.1 Å².